The molecule has 0 bridgehead atoms. The molecular formula is C27H26F2N6O2. The minimum absolute atomic E-state index is 0.0588. The van der Waals surface area contributed by atoms with Crippen LogP contribution in [0.15, 0.2) is 53.5 Å². The number of fused-ring (bicyclic) bond motifs is 1. The second-order valence-corrected chi connectivity index (χ2v) is 8.69. The maximum atomic E-state index is 14.3. The number of rotatable bonds is 8. The molecule has 0 saturated heterocycles. The fourth-order valence-corrected chi connectivity index (χ4v) is 4.35. The number of aliphatic hydroxyl groups excluding tert-OH is 1. The first-order valence-corrected chi connectivity index (χ1v) is 11.6. The van der Waals surface area contributed by atoms with E-state index in [0.29, 0.717) is 34.6 Å². The monoisotopic (exact) mass is 504 g/mol. The SMILES string of the molecule is CN=C(N)c1cc(CO)ccc1-c1cc(NCCC#N)nc(N2Cc3c(cccc3C(C)(F)F)C2=O)c1. The first-order valence-electron chi connectivity index (χ1n) is 11.6. The number of hydrogen-bond donors (Lipinski definition) is 3. The molecule has 0 unspecified atom stereocenters. The molecule has 190 valence electrons. The standard InChI is InChI=1S/C27H26F2N6O2/c1-27(28,29)22-6-3-5-19-21(22)14-35(26(19)37)24-13-17(12-23(34-24)33-10-4-9-30)18-8-7-16(15-36)11-20(18)25(31)32-2/h3,5-8,11-13,36H,4,10,14-15H2,1-2H3,(H2,31,32)(H,33,34). The van der Waals surface area contributed by atoms with Crippen molar-refractivity contribution in [2.24, 2.45) is 10.7 Å². The van der Waals surface area contributed by atoms with Gasteiger partial charge in [-0.3, -0.25) is 14.7 Å². The van der Waals surface area contributed by atoms with Gasteiger partial charge in [0.15, 0.2) is 0 Å². The number of nitriles is 1. The number of aliphatic imine (C=N–C) groups is 1. The van der Waals surface area contributed by atoms with E-state index in [1.54, 1.807) is 37.4 Å². The van der Waals surface area contributed by atoms with Crippen molar-refractivity contribution in [1.29, 1.82) is 5.26 Å². The van der Waals surface area contributed by atoms with Gasteiger partial charge in [-0.15, -0.1) is 0 Å². The Morgan fingerprint density at radius 1 is 1.27 bits per heavy atom. The average molecular weight is 505 g/mol. The minimum Gasteiger partial charge on any atom is -0.392 e. The van der Waals surface area contributed by atoms with Gasteiger partial charge in [-0.2, -0.15) is 5.26 Å². The molecule has 2 aromatic carbocycles. The number of carbonyl (C=O) groups excluding carboxylic acids is 1. The molecule has 1 aliphatic rings. The fraction of sp³-hybridized carbons (Fsp3) is 0.259. The Labute approximate surface area is 213 Å². The Hall–Kier alpha value is -4.36. The summed E-state index contributed by atoms with van der Waals surface area (Å²) in [5.74, 6) is -2.63. The summed E-state index contributed by atoms with van der Waals surface area (Å²) >= 11 is 0. The Balaban J connectivity index is 1.84. The highest BCUT2D eigenvalue weighted by Crippen LogP contribution is 2.38. The van der Waals surface area contributed by atoms with Crippen molar-refractivity contribution in [3.05, 3.63) is 76.3 Å². The van der Waals surface area contributed by atoms with E-state index < -0.39 is 11.8 Å². The van der Waals surface area contributed by atoms with E-state index in [1.165, 1.54) is 23.1 Å². The molecule has 1 aliphatic heterocycles. The van der Waals surface area contributed by atoms with Crippen molar-refractivity contribution in [2.45, 2.75) is 32.4 Å². The maximum absolute atomic E-state index is 14.3. The number of anilines is 2. The smallest absolute Gasteiger partial charge is 0.270 e. The van der Waals surface area contributed by atoms with Gasteiger partial charge >= 0.3 is 0 Å². The van der Waals surface area contributed by atoms with Crippen LogP contribution in [0.1, 0.15) is 46.0 Å². The van der Waals surface area contributed by atoms with E-state index in [1.807, 2.05) is 0 Å². The van der Waals surface area contributed by atoms with Crippen LogP contribution in [0, 0.1) is 11.3 Å². The minimum atomic E-state index is -3.11. The van der Waals surface area contributed by atoms with Crippen LogP contribution in [-0.2, 0) is 19.1 Å². The van der Waals surface area contributed by atoms with Crippen LogP contribution in [0.4, 0.5) is 20.4 Å². The molecule has 37 heavy (non-hydrogen) atoms. The predicted molar refractivity (Wildman–Crippen MR) is 137 cm³/mol. The number of nitrogens with one attached hydrogen (secondary N) is 1. The molecule has 1 amide bonds. The maximum Gasteiger partial charge on any atom is 0.270 e. The molecular weight excluding hydrogens is 478 g/mol. The lowest BCUT2D eigenvalue weighted by Gasteiger charge is -2.19. The quantitative estimate of drug-likeness (QED) is 0.240. The Morgan fingerprint density at radius 3 is 2.73 bits per heavy atom. The highest BCUT2D eigenvalue weighted by Gasteiger charge is 2.37. The Bertz CT molecular complexity index is 1430. The summed E-state index contributed by atoms with van der Waals surface area (Å²) in [7, 11) is 1.55. The number of alkyl halides is 2. The summed E-state index contributed by atoms with van der Waals surface area (Å²) in [6, 6.07) is 15.1. The number of amides is 1. The van der Waals surface area contributed by atoms with Crippen molar-refractivity contribution in [3.63, 3.8) is 0 Å². The third-order valence-electron chi connectivity index (χ3n) is 6.17. The molecule has 4 rings (SSSR count). The van der Waals surface area contributed by atoms with Gasteiger partial charge in [0.1, 0.15) is 17.5 Å². The lowest BCUT2D eigenvalue weighted by molar-refractivity contribution is 0.0166. The van der Waals surface area contributed by atoms with E-state index >= 15 is 0 Å². The summed E-state index contributed by atoms with van der Waals surface area (Å²) in [6.07, 6.45) is 0.232. The highest BCUT2D eigenvalue weighted by molar-refractivity contribution is 6.10. The number of aliphatic hydroxyl groups is 1. The molecule has 0 aliphatic carbocycles. The number of benzene rings is 2. The molecule has 0 atom stereocenters. The molecule has 2 heterocycles. The van der Waals surface area contributed by atoms with Gasteiger partial charge in [-0.25, -0.2) is 13.8 Å². The topological polar surface area (TPSA) is 128 Å². The van der Waals surface area contributed by atoms with Gasteiger partial charge in [0, 0.05) is 37.2 Å². The van der Waals surface area contributed by atoms with E-state index in [9.17, 15) is 18.7 Å². The molecule has 0 spiro atoms. The summed E-state index contributed by atoms with van der Waals surface area (Å²) in [5.41, 5.74) is 8.98. The lowest BCUT2D eigenvalue weighted by atomic mass is 9.97. The second kappa shape index (κ2) is 10.3. The summed E-state index contributed by atoms with van der Waals surface area (Å²) in [6.45, 7) is 0.888. The lowest BCUT2D eigenvalue weighted by Crippen LogP contribution is -2.24. The number of hydrogen-bond acceptors (Lipinski definition) is 6. The van der Waals surface area contributed by atoms with E-state index in [4.69, 9.17) is 11.0 Å². The highest BCUT2D eigenvalue weighted by atomic mass is 19.3. The number of amidine groups is 1. The van der Waals surface area contributed by atoms with Gasteiger partial charge < -0.3 is 16.2 Å². The Kier molecular flexibility index (Phi) is 7.18. The first kappa shape index (κ1) is 25.7. The van der Waals surface area contributed by atoms with Crippen molar-refractivity contribution in [1.82, 2.24) is 4.98 Å². The zero-order valence-corrected chi connectivity index (χ0v) is 20.4. The van der Waals surface area contributed by atoms with Crippen molar-refractivity contribution in [2.75, 3.05) is 23.8 Å². The van der Waals surface area contributed by atoms with E-state index in [2.05, 4.69) is 21.4 Å². The molecule has 4 N–H and O–H groups in total. The van der Waals surface area contributed by atoms with Gasteiger partial charge in [0.05, 0.1) is 25.6 Å². The van der Waals surface area contributed by atoms with E-state index in [-0.39, 0.29) is 47.9 Å². The number of carbonyl (C=O) groups is 1. The third kappa shape index (κ3) is 5.13. The number of nitrogens with two attached hydrogens (primary N) is 1. The average Bonchev–Trinajstić information content (AvgIpc) is 3.23. The normalized spacial score (nSPS) is 13.5. The van der Waals surface area contributed by atoms with Crippen LogP contribution < -0.4 is 16.0 Å². The molecule has 10 heteroatoms. The van der Waals surface area contributed by atoms with Crippen molar-refractivity contribution in [3.8, 4) is 17.2 Å². The van der Waals surface area contributed by atoms with Gasteiger partial charge in [0.2, 0.25) is 0 Å². The molecule has 0 radical (unpaired) electrons. The number of nitrogens with zero attached hydrogens (tertiary/aromatic N) is 4. The molecule has 0 saturated carbocycles. The third-order valence-corrected chi connectivity index (χ3v) is 6.17. The summed E-state index contributed by atoms with van der Waals surface area (Å²) in [4.78, 5) is 23.3. The van der Waals surface area contributed by atoms with Crippen LogP contribution in [0.25, 0.3) is 11.1 Å². The molecule has 0 fully saturated rings. The van der Waals surface area contributed by atoms with Gasteiger partial charge in [-0.1, -0.05) is 24.3 Å². The van der Waals surface area contributed by atoms with Crippen LogP contribution in [0.2, 0.25) is 0 Å². The number of halogens is 2. The largest absolute Gasteiger partial charge is 0.392 e. The molecule has 8 nitrogen and oxygen atoms in total. The zero-order valence-electron chi connectivity index (χ0n) is 20.4. The van der Waals surface area contributed by atoms with Crippen molar-refractivity contribution < 1.29 is 18.7 Å². The molecule has 3 aromatic rings. The predicted octanol–water partition coefficient (Wildman–Crippen LogP) is 4.17. The van der Waals surface area contributed by atoms with Crippen LogP contribution in [0.5, 0.6) is 0 Å². The van der Waals surface area contributed by atoms with Crippen LogP contribution >= 0.6 is 0 Å². The summed E-state index contributed by atoms with van der Waals surface area (Å²) < 4.78 is 28.6. The summed E-state index contributed by atoms with van der Waals surface area (Å²) in [5, 5.41) is 21.6. The number of pyridine rings is 1. The fourth-order valence-electron chi connectivity index (χ4n) is 4.35. The van der Waals surface area contributed by atoms with E-state index in [0.717, 1.165) is 6.92 Å². The van der Waals surface area contributed by atoms with Crippen molar-refractivity contribution >= 4 is 23.4 Å². The van der Waals surface area contributed by atoms with Gasteiger partial charge in [0.25, 0.3) is 11.8 Å². The van der Waals surface area contributed by atoms with Gasteiger partial charge in [-0.05, 0) is 46.5 Å². The first-order chi connectivity index (χ1) is 17.7. The number of aromatic nitrogens is 1. The van der Waals surface area contributed by atoms with Crippen LogP contribution in [0.3, 0.4) is 0 Å². The second-order valence-electron chi connectivity index (χ2n) is 8.69. The van der Waals surface area contributed by atoms with Crippen LogP contribution in [-0.4, -0.2) is 35.4 Å². The Morgan fingerprint density at radius 2 is 2.05 bits per heavy atom. The molecule has 1 aromatic heterocycles. The zero-order chi connectivity index (χ0) is 26.7.